The Morgan fingerprint density at radius 1 is 1.18 bits per heavy atom. The molecule has 5 heteroatoms. The van der Waals surface area contributed by atoms with Crippen molar-refractivity contribution in [2.45, 2.75) is 58.8 Å². The minimum atomic E-state index is 0.134. The average Bonchev–Trinajstić information content (AvgIpc) is 2.87. The summed E-state index contributed by atoms with van der Waals surface area (Å²) in [6.45, 7) is 8.07. The number of rotatable bonds is 8. The molecule has 0 radical (unpaired) electrons. The van der Waals surface area contributed by atoms with Gasteiger partial charge < -0.3 is 14.6 Å². The van der Waals surface area contributed by atoms with E-state index in [1.165, 1.54) is 44.3 Å². The van der Waals surface area contributed by atoms with Crippen LogP contribution < -0.4 is 5.32 Å². The fourth-order valence-electron chi connectivity index (χ4n) is 3.78. The molecule has 0 aliphatic carbocycles. The Labute approximate surface area is 168 Å². The zero-order valence-electron chi connectivity index (χ0n) is 17.3. The lowest BCUT2D eigenvalue weighted by Gasteiger charge is -2.19. The number of aryl methyl sites for hydroxylation is 3. The van der Waals surface area contributed by atoms with Crippen LogP contribution >= 0.6 is 0 Å². The maximum atomic E-state index is 12.1. The summed E-state index contributed by atoms with van der Waals surface area (Å²) in [4.78, 5) is 19.2. The number of hydrogen-bond acceptors (Lipinski definition) is 4. The van der Waals surface area contributed by atoms with E-state index in [4.69, 9.17) is 4.42 Å². The van der Waals surface area contributed by atoms with Gasteiger partial charge in [0.2, 0.25) is 11.8 Å². The molecule has 28 heavy (non-hydrogen) atoms. The molecule has 0 spiro atoms. The minimum Gasteiger partial charge on any atom is -0.441 e. The fraction of sp³-hybridized carbons (Fsp3) is 0.565. The van der Waals surface area contributed by atoms with Crippen LogP contribution in [0.1, 0.15) is 55.5 Å². The Morgan fingerprint density at radius 3 is 2.71 bits per heavy atom. The molecule has 0 saturated carbocycles. The van der Waals surface area contributed by atoms with Gasteiger partial charge in [-0.3, -0.25) is 4.79 Å². The first kappa shape index (κ1) is 20.6. The summed E-state index contributed by atoms with van der Waals surface area (Å²) >= 11 is 0. The summed E-state index contributed by atoms with van der Waals surface area (Å²) in [6.07, 6.45) is 7.35. The summed E-state index contributed by atoms with van der Waals surface area (Å²) in [5.74, 6) is 1.64. The second-order valence-corrected chi connectivity index (χ2v) is 7.85. The maximum Gasteiger partial charge on any atom is 0.226 e. The van der Waals surface area contributed by atoms with E-state index in [1.54, 1.807) is 0 Å². The van der Waals surface area contributed by atoms with Crippen LogP contribution in [0.15, 0.2) is 28.7 Å². The van der Waals surface area contributed by atoms with Gasteiger partial charge in [0, 0.05) is 25.1 Å². The molecule has 1 aromatic carbocycles. The van der Waals surface area contributed by atoms with Crippen molar-refractivity contribution in [3.05, 3.63) is 41.3 Å². The molecule has 2 heterocycles. The van der Waals surface area contributed by atoms with E-state index in [9.17, 15) is 4.79 Å². The number of nitrogens with zero attached hydrogens (tertiary/aromatic N) is 2. The standard InChI is InChI=1S/C23H33N3O2/c1-18-9-7-10-20(17-18)23-25-21(19(2)28-23)11-8-12-22(27)24-13-16-26-14-5-3-4-6-15-26/h7,9-10,17H,3-6,8,11-16H2,1-2H3,(H,24,27). The summed E-state index contributed by atoms with van der Waals surface area (Å²) in [5.41, 5.74) is 3.14. The van der Waals surface area contributed by atoms with Crippen LogP contribution in [-0.2, 0) is 11.2 Å². The van der Waals surface area contributed by atoms with Crippen LogP contribution in [-0.4, -0.2) is 42.0 Å². The second kappa shape index (κ2) is 10.4. The number of benzene rings is 1. The van der Waals surface area contributed by atoms with Gasteiger partial charge in [0.25, 0.3) is 0 Å². The highest BCUT2D eigenvalue weighted by molar-refractivity contribution is 5.75. The van der Waals surface area contributed by atoms with Gasteiger partial charge in [0.15, 0.2) is 0 Å². The Morgan fingerprint density at radius 2 is 1.96 bits per heavy atom. The van der Waals surface area contributed by atoms with Gasteiger partial charge in [0.1, 0.15) is 5.76 Å². The third-order valence-corrected chi connectivity index (χ3v) is 5.42. The van der Waals surface area contributed by atoms with Crippen LogP contribution in [0.5, 0.6) is 0 Å². The number of amides is 1. The molecule has 1 fully saturated rings. The van der Waals surface area contributed by atoms with E-state index in [0.29, 0.717) is 12.3 Å². The summed E-state index contributed by atoms with van der Waals surface area (Å²) < 4.78 is 5.84. The van der Waals surface area contributed by atoms with E-state index < -0.39 is 0 Å². The normalized spacial score (nSPS) is 15.4. The van der Waals surface area contributed by atoms with Gasteiger partial charge in [-0.2, -0.15) is 0 Å². The van der Waals surface area contributed by atoms with Crippen molar-refractivity contribution in [3.8, 4) is 11.5 Å². The number of carbonyl (C=O) groups is 1. The molecule has 0 atom stereocenters. The van der Waals surface area contributed by atoms with E-state index in [1.807, 2.05) is 19.1 Å². The molecule has 3 rings (SSSR count). The number of aromatic nitrogens is 1. The fourth-order valence-corrected chi connectivity index (χ4v) is 3.78. The maximum absolute atomic E-state index is 12.1. The number of nitrogens with one attached hydrogen (secondary N) is 1. The molecule has 5 nitrogen and oxygen atoms in total. The third-order valence-electron chi connectivity index (χ3n) is 5.42. The van der Waals surface area contributed by atoms with Gasteiger partial charge in [-0.05, 0) is 64.8 Å². The minimum absolute atomic E-state index is 0.134. The van der Waals surface area contributed by atoms with E-state index in [-0.39, 0.29) is 5.91 Å². The molecule has 2 aromatic rings. The molecular weight excluding hydrogens is 350 g/mol. The third kappa shape index (κ3) is 6.20. The van der Waals surface area contributed by atoms with Crippen molar-refractivity contribution in [2.24, 2.45) is 0 Å². The highest BCUT2D eigenvalue weighted by Gasteiger charge is 2.13. The van der Waals surface area contributed by atoms with Crippen molar-refractivity contribution < 1.29 is 9.21 Å². The van der Waals surface area contributed by atoms with E-state index >= 15 is 0 Å². The summed E-state index contributed by atoms with van der Waals surface area (Å²) in [6, 6.07) is 8.16. The highest BCUT2D eigenvalue weighted by atomic mass is 16.4. The molecule has 1 aliphatic rings. The highest BCUT2D eigenvalue weighted by Crippen LogP contribution is 2.23. The monoisotopic (exact) mass is 383 g/mol. The van der Waals surface area contributed by atoms with Crippen molar-refractivity contribution in [1.29, 1.82) is 0 Å². The smallest absolute Gasteiger partial charge is 0.226 e. The predicted molar refractivity (Wildman–Crippen MR) is 112 cm³/mol. The number of carbonyl (C=O) groups excluding carboxylic acids is 1. The van der Waals surface area contributed by atoms with Crippen molar-refractivity contribution >= 4 is 5.91 Å². The molecule has 1 N–H and O–H groups in total. The Balaban J connectivity index is 1.39. The molecule has 1 aromatic heterocycles. The number of oxazole rings is 1. The van der Waals surface area contributed by atoms with Crippen molar-refractivity contribution in [1.82, 2.24) is 15.2 Å². The largest absolute Gasteiger partial charge is 0.441 e. The van der Waals surface area contributed by atoms with Gasteiger partial charge in [-0.1, -0.05) is 30.5 Å². The predicted octanol–water partition coefficient (Wildman–Crippen LogP) is 4.27. The van der Waals surface area contributed by atoms with Crippen LogP contribution in [0.25, 0.3) is 11.5 Å². The SMILES string of the molecule is Cc1cccc(-c2nc(CCCC(=O)NCCN3CCCCCC3)c(C)o2)c1. The van der Waals surface area contributed by atoms with E-state index in [0.717, 1.165) is 42.9 Å². The topological polar surface area (TPSA) is 58.4 Å². The van der Waals surface area contributed by atoms with Gasteiger partial charge in [-0.15, -0.1) is 0 Å². The molecule has 0 bridgehead atoms. The van der Waals surface area contributed by atoms with Gasteiger partial charge in [-0.25, -0.2) is 4.98 Å². The number of hydrogen-bond donors (Lipinski definition) is 1. The van der Waals surface area contributed by atoms with Crippen LogP contribution in [0, 0.1) is 13.8 Å². The zero-order chi connectivity index (χ0) is 19.8. The second-order valence-electron chi connectivity index (χ2n) is 7.85. The molecular formula is C23H33N3O2. The summed E-state index contributed by atoms with van der Waals surface area (Å²) in [7, 11) is 0. The Hall–Kier alpha value is -2.14. The molecule has 152 valence electrons. The van der Waals surface area contributed by atoms with Crippen LogP contribution in [0.3, 0.4) is 0 Å². The lowest BCUT2D eigenvalue weighted by Crippen LogP contribution is -2.35. The van der Waals surface area contributed by atoms with Gasteiger partial charge in [0.05, 0.1) is 5.69 Å². The van der Waals surface area contributed by atoms with E-state index in [2.05, 4.69) is 34.3 Å². The first-order valence-electron chi connectivity index (χ1n) is 10.6. The molecule has 1 aliphatic heterocycles. The quantitative estimate of drug-likeness (QED) is 0.739. The average molecular weight is 384 g/mol. The molecule has 0 unspecified atom stereocenters. The number of likely N-dealkylation sites (tertiary alicyclic amines) is 1. The summed E-state index contributed by atoms with van der Waals surface area (Å²) in [5, 5.41) is 3.06. The van der Waals surface area contributed by atoms with Crippen molar-refractivity contribution in [3.63, 3.8) is 0 Å². The lowest BCUT2D eigenvalue weighted by molar-refractivity contribution is -0.121. The Kier molecular flexibility index (Phi) is 7.66. The molecule has 1 amide bonds. The zero-order valence-corrected chi connectivity index (χ0v) is 17.3. The Bertz CT molecular complexity index is 761. The molecule has 1 saturated heterocycles. The van der Waals surface area contributed by atoms with Crippen molar-refractivity contribution in [2.75, 3.05) is 26.2 Å². The lowest BCUT2D eigenvalue weighted by atomic mass is 10.1. The van der Waals surface area contributed by atoms with Crippen LogP contribution in [0.4, 0.5) is 0 Å². The van der Waals surface area contributed by atoms with Gasteiger partial charge >= 0.3 is 0 Å². The first-order valence-corrected chi connectivity index (χ1v) is 10.6. The van der Waals surface area contributed by atoms with Crippen LogP contribution in [0.2, 0.25) is 0 Å². The first-order chi connectivity index (χ1) is 13.6.